The quantitative estimate of drug-likeness (QED) is 0.765. The zero-order valence-electron chi connectivity index (χ0n) is 16.7. The predicted octanol–water partition coefficient (Wildman–Crippen LogP) is 1.73. The molecule has 0 spiro atoms. The zero-order valence-corrected chi connectivity index (χ0v) is 14.5. The molecule has 2 heterocycles. The lowest BCUT2D eigenvalue weighted by molar-refractivity contribution is -0.123. The fourth-order valence-electron chi connectivity index (χ4n) is 2.51. The van der Waals surface area contributed by atoms with Gasteiger partial charge in [0, 0.05) is 5.56 Å². The van der Waals surface area contributed by atoms with Crippen molar-refractivity contribution >= 4 is 15.9 Å². The Labute approximate surface area is 159 Å². The van der Waals surface area contributed by atoms with Gasteiger partial charge in [0.15, 0.2) is 17.6 Å². The first-order chi connectivity index (χ1) is 14.1. The second-order valence-corrected chi connectivity index (χ2v) is 6.81. The molecule has 4 rings (SSSR count). The summed E-state index contributed by atoms with van der Waals surface area (Å²) >= 11 is 0. The van der Waals surface area contributed by atoms with Crippen LogP contribution in [0, 0.1) is 0 Å². The molecule has 9 heteroatoms. The normalized spacial score (nSPS) is 23.4. The van der Waals surface area contributed by atoms with Gasteiger partial charge in [-0.3, -0.25) is 4.79 Å². The van der Waals surface area contributed by atoms with E-state index in [-0.39, 0.29) is 23.7 Å². The summed E-state index contributed by atoms with van der Waals surface area (Å²) in [4.78, 5) is 12.8. The second-order valence-electron chi connectivity index (χ2n) is 5.53. The summed E-state index contributed by atoms with van der Waals surface area (Å²) in [6.07, 6.45) is -2.44. The van der Waals surface area contributed by atoms with Crippen molar-refractivity contribution in [3.63, 3.8) is 0 Å². The Morgan fingerprint density at radius 3 is 2.70 bits per heavy atom. The van der Waals surface area contributed by atoms with Crippen LogP contribution in [0.2, 0.25) is 0 Å². The maximum absolute atomic E-state index is 12.8. The average Bonchev–Trinajstić information content (AvgIpc) is 3.27. The minimum absolute atomic E-state index is 0.00164. The number of hydrogen-bond donors (Lipinski definition) is 1. The lowest BCUT2D eigenvalue weighted by Crippen LogP contribution is -2.16. The highest BCUT2D eigenvalue weighted by molar-refractivity contribution is 7.86. The van der Waals surface area contributed by atoms with E-state index in [1.54, 1.807) is 6.07 Å². The number of carbonyl (C=O) groups is 1. The van der Waals surface area contributed by atoms with Crippen molar-refractivity contribution in [3.05, 3.63) is 71.3 Å². The van der Waals surface area contributed by atoms with E-state index in [9.17, 15) is 13.2 Å². The first-order valence-corrected chi connectivity index (χ1v) is 9.10. The smallest absolute Gasteiger partial charge is 0.313 e. The van der Waals surface area contributed by atoms with Crippen LogP contribution in [-0.2, 0) is 29.5 Å². The number of hydrogen-bond acceptors (Lipinski definition) is 8. The third-order valence-electron chi connectivity index (χ3n) is 3.69. The minimum atomic E-state index is -5.04. The summed E-state index contributed by atoms with van der Waals surface area (Å²) in [5.41, 5.74) is 2.44. The SMILES string of the molecule is [2H]C([2H])(c1ccccc1)S(=O)(=O)OC1=C(N)O[C@@]([2H])(c2ccc3c(c2)OCO3)C1=O. The summed E-state index contributed by atoms with van der Waals surface area (Å²) in [6.45, 7) is -0.0276. The first kappa shape index (κ1) is 13.9. The van der Waals surface area contributed by atoms with E-state index in [4.69, 9.17) is 28.2 Å². The van der Waals surface area contributed by atoms with Crippen molar-refractivity contribution in [2.45, 2.75) is 11.8 Å². The number of carbonyl (C=O) groups excluding carboxylic acids is 1. The molecule has 27 heavy (non-hydrogen) atoms. The van der Waals surface area contributed by atoms with Gasteiger partial charge in [-0.15, -0.1) is 0 Å². The summed E-state index contributed by atoms with van der Waals surface area (Å²) in [5, 5.41) is 0. The van der Waals surface area contributed by atoms with Crippen LogP contribution in [0.4, 0.5) is 0 Å². The van der Waals surface area contributed by atoms with Gasteiger partial charge in [-0.2, -0.15) is 8.42 Å². The fourth-order valence-corrected chi connectivity index (χ4v) is 3.35. The lowest BCUT2D eigenvalue weighted by Gasteiger charge is -2.10. The van der Waals surface area contributed by atoms with E-state index < -0.39 is 39.3 Å². The molecule has 140 valence electrons. The molecule has 0 saturated heterocycles. The molecule has 0 fully saturated rings. The third-order valence-corrected chi connectivity index (χ3v) is 4.56. The molecular weight excluding hydrogens is 374 g/mol. The highest BCUT2D eigenvalue weighted by atomic mass is 32.2. The van der Waals surface area contributed by atoms with Gasteiger partial charge >= 0.3 is 10.1 Å². The predicted molar refractivity (Wildman–Crippen MR) is 92.8 cm³/mol. The molecule has 0 saturated carbocycles. The van der Waals surface area contributed by atoms with Crippen molar-refractivity contribution in [2.24, 2.45) is 5.73 Å². The van der Waals surface area contributed by atoms with Crippen LogP contribution in [0.5, 0.6) is 11.5 Å². The van der Waals surface area contributed by atoms with Crippen molar-refractivity contribution in [1.82, 2.24) is 0 Å². The van der Waals surface area contributed by atoms with E-state index in [0.29, 0.717) is 5.75 Å². The Bertz CT molecular complexity index is 1170. The van der Waals surface area contributed by atoms with Crippen LogP contribution >= 0.6 is 0 Å². The highest BCUT2D eigenvalue weighted by Gasteiger charge is 2.40. The fraction of sp³-hybridized carbons (Fsp3) is 0.167. The van der Waals surface area contributed by atoms with Gasteiger partial charge in [-0.25, -0.2) is 0 Å². The molecule has 0 aliphatic carbocycles. The average molecular weight is 392 g/mol. The largest absolute Gasteiger partial charge is 0.460 e. The lowest BCUT2D eigenvalue weighted by atomic mass is 10.1. The maximum Gasteiger partial charge on any atom is 0.313 e. The van der Waals surface area contributed by atoms with Gasteiger partial charge in [0.25, 0.3) is 0 Å². The molecule has 1 atom stereocenters. The number of benzene rings is 2. The van der Waals surface area contributed by atoms with Crippen molar-refractivity contribution in [3.8, 4) is 11.5 Å². The molecule has 0 amide bonds. The molecule has 2 aromatic carbocycles. The number of ether oxygens (including phenoxy) is 3. The van der Waals surface area contributed by atoms with Gasteiger partial charge in [-0.05, 0) is 17.7 Å². The Balaban J connectivity index is 1.64. The molecule has 2 aliphatic rings. The first-order valence-electron chi connectivity index (χ1n) is 9.19. The summed E-state index contributed by atoms with van der Waals surface area (Å²) < 4.78 is 69.9. The summed E-state index contributed by atoms with van der Waals surface area (Å²) in [6, 6.07) is 11.2. The molecule has 0 bridgehead atoms. The summed E-state index contributed by atoms with van der Waals surface area (Å²) in [5.74, 6) is -2.24. The number of nitrogens with two attached hydrogens (primary N) is 1. The Morgan fingerprint density at radius 2 is 1.93 bits per heavy atom. The Morgan fingerprint density at radius 1 is 1.19 bits per heavy atom. The van der Waals surface area contributed by atoms with Crippen molar-refractivity contribution in [2.75, 3.05) is 6.79 Å². The van der Waals surface area contributed by atoms with Gasteiger partial charge in [0.1, 0.15) is 5.70 Å². The summed E-state index contributed by atoms with van der Waals surface area (Å²) in [7, 11) is -5.04. The van der Waals surface area contributed by atoms with Crippen LogP contribution < -0.4 is 15.2 Å². The van der Waals surface area contributed by atoms with Crippen LogP contribution in [0.1, 0.15) is 21.3 Å². The van der Waals surface area contributed by atoms with Gasteiger partial charge in [-0.1, -0.05) is 36.4 Å². The molecule has 2 aliphatic heterocycles. The van der Waals surface area contributed by atoms with Crippen LogP contribution in [-0.4, -0.2) is 21.0 Å². The number of fused-ring (bicyclic) bond motifs is 1. The standard InChI is InChI=1S/C18H15NO7S/c19-18-17(26-27(21,22)9-11-4-2-1-3-5-11)15(20)16(25-18)12-6-7-13-14(8-12)24-10-23-13/h1-8,16H,9-10,19H2/t16-/m0/s1/i9D2,16D. The number of ketones is 1. The third kappa shape index (κ3) is 3.41. The van der Waals surface area contributed by atoms with E-state index in [0.717, 1.165) is 0 Å². The molecule has 0 unspecified atom stereocenters. The Hall–Kier alpha value is -3.20. The molecular formula is C18H15NO7S. The van der Waals surface area contributed by atoms with E-state index in [1.165, 1.54) is 42.5 Å². The van der Waals surface area contributed by atoms with Crippen molar-refractivity contribution < 1.29 is 35.7 Å². The van der Waals surface area contributed by atoms with Crippen molar-refractivity contribution in [1.29, 1.82) is 0 Å². The van der Waals surface area contributed by atoms with Crippen LogP contribution in [0.25, 0.3) is 0 Å². The van der Waals surface area contributed by atoms with E-state index in [1.807, 2.05) is 0 Å². The number of rotatable bonds is 5. The molecule has 2 aromatic rings. The molecule has 0 aromatic heterocycles. The topological polar surface area (TPSA) is 114 Å². The minimum Gasteiger partial charge on any atom is -0.460 e. The van der Waals surface area contributed by atoms with E-state index in [2.05, 4.69) is 0 Å². The van der Waals surface area contributed by atoms with Crippen LogP contribution in [0.3, 0.4) is 0 Å². The molecule has 8 nitrogen and oxygen atoms in total. The highest BCUT2D eigenvalue weighted by Crippen LogP contribution is 2.38. The van der Waals surface area contributed by atoms with Gasteiger partial charge in [0.05, 0.1) is 4.11 Å². The van der Waals surface area contributed by atoms with Gasteiger partial charge < -0.3 is 24.1 Å². The van der Waals surface area contributed by atoms with E-state index >= 15 is 0 Å². The van der Waals surface area contributed by atoms with Gasteiger partial charge in [0.2, 0.25) is 24.2 Å². The van der Waals surface area contributed by atoms with Crippen LogP contribution in [0.15, 0.2) is 60.2 Å². The molecule has 0 radical (unpaired) electrons. The second kappa shape index (κ2) is 6.51. The maximum atomic E-state index is 12.8. The zero-order chi connectivity index (χ0) is 21.7. The Kier molecular flexibility index (Phi) is 3.36. The molecule has 2 N–H and O–H groups in total. The monoisotopic (exact) mass is 392 g/mol. The number of Topliss-reactive ketones (excluding diaryl/α,β-unsaturated/α-hetero) is 1.